The molecule has 1 aliphatic heterocycles. The Hall–Kier alpha value is -0.120. The first-order valence-electron chi connectivity index (χ1n) is 6.29. The Balaban J connectivity index is 1.61. The van der Waals surface area contributed by atoms with Crippen LogP contribution in [0.5, 0.6) is 0 Å². The van der Waals surface area contributed by atoms with E-state index in [-0.39, 0.29) is 0 Å². The van der Waals surface area contributed by atoms with Gasteiger partial charge in [0.1, 0.15) is 0 Å². The van der Waals surface area contributed by atoms with E-state index in [1.165, 1.54) is 38.5 Å². The lowest BCUT2D eigenvalue weighted by Gasteiger charge is -2.24. The Morgan fingerprint density at radius 3 is 2.87 bits per heavy atom. The highest BCUT2D eigenvalue weighted by Crippen LogP contribution is 2.23. The van der Waals surface area contributed by atoms with Gasteiger partial charge in [-0.25, -0.2) is 0 Å². The maximum atomic E-state index is 5.91. The van der Waals surface area contributed by atoms with Gasteiger partial charge in [-0.1, -0.05) is 0 Å². The zero-order chi connectivity index (χ0) is 10.5. The molecule has 0 aromatic rings. The van der Waals surface area contributed by atoms with Crippen molar-refractivity contribution in [2.45, 2.75) is 56.8 Å². The Morgan fingerprint density at radius 2 is 2.20 bits per heavy atom. The van der Waals surface area contributed by atoms with E-state index in [9.17, 15) is 0 Å². The molecule has 0 aromatic heterocycles. The first kappa shape index (κ1) is 11.4. The summed E-state index contributed by atoms with van der Waals surface area (Å²) in [6, 6.07) is 0.669. The Labute approximate surface area is 92.5 Å². The molecule has 1 heterocycles. The van der Waals surface area contributed by atoms with Crippen LogP contribution in [-0.4, -0.2) is 38.5 Å². The van der Waals surface area contributed by atoms with Gasteiger partial charge in [-0.3, -0.25) is 0 Å². The molecular weight excluding hydrogens is 190 g/mol. The number of rotatable bonds is 4. The quantitative estimate of drug-likeness (QED) is 0.771. The highest BCUT2D eigenvalue weighted by Gasteiger charge is 2.25. The third kappa shape index (κ3) is 3.44. The molecule has 3 nitrogen and oxygen atoms in total. The van der Waals surface area contributed by atoms with Crippen LogP contribution in [0.1, 0.15) is 38.5 Å². The summed E-state index contributed by atoms with van der Waals surface area (Å²) in [6.45, 7) is 1.74. The van der Waals surface area contributed by atoms with Crippen LogP contribution in [0.4, 0.5) is 0 Å². The second kappa shape index (κ2) is 5.83. The van der Waals surface area contributed by atoms with Crippen molar-refractivity contribution >= 4 is 0 Å². The third-order valence-corrected chi connectivity index (χ3v) is 3.58. The molecule has 15 heavy (non-hydrogen) atoms. The summed E-state index contributed by atoms with van der Waals surface area (Å²) in [4.78, 5) is 0. The summed E-state index contributed by atoms with van der Waals surface area (Å²) in [7, 11) is 2.04. The van der Waals surface area contributed by atoms with Gasteiger partial charge in [-0.15, -0.1) is 0 Å². The SMILES string of the molecule is CNC1CCC(OCC2CCCCO2)C1. The Morgan fingerprint density at radius 1 is 1.27 bits per heavy atom. The van der Waals surface area contributed by atoms with Crippen LogP contribution in [0.25, 0.3) is 0 Å². The molecule has 0 bridgehead atoms. The van der Waals surface area contributed by atoms with Gasteiger partial charge in [0.15, 0.2) is 0 Å². The molecule has 3 heteroatoms. The van der Waals surface area contributed by atoms with Crippen molar-refractivity contribution in [1.29, 1.82) is 0 Å². The zero-order valence-corrected chi connectivity index (χ0v) is 9.71. The average Bonchev–Trinajstić information content (AvgIpc) is 2.76. The number of hydrogen-bond donors (Lipinski definition) is 1. The lowest BCUT2D eigenvalue weighted by atomic mass is 10.1. The molecule has 1 aliphatic carbocycles. The van der Waals surface area contributed by atoms with Gasteiger partial charge in [-0.2, -0.15) is 0 Å². The molecule has 0 radical (unpaired) electrons. The summed E-state index contributed by atoms with van der Waals surface area (Å²) in [5.41, 5.74) is 0. The van der Waals surface area contributed by atoms with E-state index in [1.54, 1.807) is 0 Å². The summed E-state index contributed by atoms with van der Waals surface area (Å²) in [5.74, 6) is 0. The molecular formula is C12H23NO2. The molecule has 1 saturated heterocycles. The van der Waals surface area contributed by atoms with Gasteiger partial charge in [0.25, 0.3) is 0 Å². The molecule has 3 unspecified atom stereocenters. The summed E-state index contributed by atoms with van der Waals surface area (Å²) >= 11 is 0. The van der Waals surface area contributed by atoms with E-state index in [2.05, 4.69) is 5.32 Å². The van der Waals surface area contributed by atoms with Crippen molar-refractivity contribution in [3.8, 4) is 0 Å². The van der Waals surface area contributed by atoms with Crippen LogP contribution in [0.2, 0.25) is 0 Å². The minimum absolute atomic E-state index is 0.368. The fourth-order valence-corrected chi connectivity index (χ4v) is 2.54. The van der Waals surface area contributed by atoms with Crippen LogP contribution >= 0.6 is 0 Å². The standard InChI is InChI=1S/C12H23NO2/c1-13-10-5-6-11(8-10)15-9-12-4-2-3-7-14-12/h10-13H,2-9H2,1H3. The predicted molar refractivity (Wildman–Crippen MR) is 60.0 cm³/mol. The fourth-order valence-electron chi connectivity index (χ4n) is 2.54. The first-order chi connectivity index (χ1) is 7.38. The van der Waals surface area contributed by atoms with Gasteiger partial charge in [0.2, 0.25) is 0 Å². The van der Waals surface area contributed by atoms with Crippen molar-refractivity contribution in [2.24, 2.45) is 0 Å². The molecule has 88 valence electrons. The van der Waals surface area contributed by atoms with E-state index in [1.807, 2.05) is 7.05 Å². The maximum Gasteiger partial charge on any atom is 0.0808 e. The van der Waals surface area contributed by atoms with E-state index >= 15 is 0 Å². The predicted octanol–water partition coefficient (Wildman–Crippen LogP) is 1.71. The third-order valence-electron chi connectivity index (χ3n) is 3.58. The lowest BCUT2D eigenvalue weighted by molar-refractivity contribution is -0.0614. The van der Waals surface area contributed by atoms with Crippen molar-refractivity contribution in [3.63, 3.8) is 0 Å². The molecule has 2 rings (SSSR count). The number of ether oxygens (including phenoxy) is 2. The van der Waals surface area contributed by atoms with Crippen LogP contribution in [0.3, 0.4) is 0 Å². The largest absolute Gasteiger partial charge is 0.376 e. The zero-order valence-electron chi connectivity index (χ0n) is 9.71. The number of hydrogen-bond acceptors (Lipinski definition) is 3. The van der Waals surface area contributed by atoms with Crippen molar-refractivity contribution in [1.82, 2.24) is 5.32 Å². The molecule has 3 atom stereocenters. The lowest BCUT2D eigenvalue weighted by Crippen LogP contribution is -2.28. The topological polar surface area (TPSA) is 30.5 Å². The minimum atomic E-state index is 0.368. The smallest absolute Gasteiger partial charge is 0.0808 e. The average molecular weight is 213 g/mol. The van der Waals surface area contributed by atoms with Gasteiger partial charge in [0, 0.05) is 12.6 Å². The van der Waals surface area contributed by atoms with E-state index < -0.39 is 0 Å². The van der Waals surface area contributed by atoms with Crippen LogP contribution in [0.15, 0.2) is 0 Å². The van der Waals surface area contributed by atoms with Gasteiger partial charge in [-0.05, 0) is 45.6 Å². The van der Waals surface area contributed by atoms with Crippen molar-refractivity contribution in [3.05, 3.63) is 0 Å². The second-order valence-corrected chi connectivity index (χ2v) is 4.74. The first-order valence-corrected chi connectivity index (χ1v) is 6.29. The molecule has 0 aromatic carbocycles. The fraction of sp³-hybridized carbons (Fsp3) is 1.00. The van der Waals surface area contributed by atoms with Gasteiger partial charge >= 0.3 is 0 Å². The van der Waals surface area contributed by atoms with Gasteiger partial charge < -0.3 is 14.8 Å². The normalized spacial score (nSPS) is 37.0. The van der Waals surface area contributed by atoms with Crippen LogP contribution in [-0.2, 0) is 9.47 Å². The van der Waals surface area contributed by atoms with Crippen LogP contribution < -0.4 is 5.32 Å². The number of nitrogens with one attached hydrogen (secondary N) is 1. The molecule has 0 spiro atoms. The second-order valence-electron chi connectivity index (χ2n) is 4.74. The molecule has 1 saturated carbocycles. The van der Waals surface area contributed by atoms with E-state index in [0.717, 1.165) is 13.2 Å². The molecule has 1 N–H and O–H groups in total. The maximum absolute atomic E-state index is 5.91. The van der Waals surface area contributed by atoms with Crippen molar-refractivity contribution in [2.75, 3.05) is 20.3 Å². The molecule has 2 aliphatic rings. The highest BCUT2D eigenvalue weighted by molar-refractivity contribution is 4.80. The van der Waals surface area contributed by atoms with Crippen molar-refractivity contribution < 1.29 is 9.47 Å². The summed E-state index contributed by atoms with van der Waals surface area (Å²) < 4.78 is 11.6. The monoisotopic (exact) mass is 213 g/mol. The molecule has 0 amide bonds. The Kier molecular flexibility index (Phi) is 4.42. The Bertz CT molecular complexity index is 180. The highest BCUT2D eigenvalue weighted by atomic mass is 16.5. The summed E-state index contributed by atoms with van der Waals surface area (Å²) in [6.07, 6.45) is 8.18. The van der Waals surface area contributed by atoms with E-state index in [0.29, 0.717) is 18.2 Å². The van der Waals surface area contributed by atoms with Gasteiger partial charge in [0.05, 0.1) is 18.8 Å². The summed E-state index contributed by atoms with van der Waals surface area (Å²) in [5, 5.41) is 3.32. The molecule has 2 fully saturated rings. The van der Waals surface area contributed by atoms with E-state index in [4.69, 9.17) is 9.47 Å². The minimum Gasteiger partial charge on any atom is -0.376 e. The van der Waals surface area contributed by atoms with Crippen LogP contribution in [0, 0.1) is 0 Å².